The zero-order valence-electron chi connectivity index (χ0n) is 9.18. The first kappa shape index (κ1) is 11.4. The van der Waals surface area contributed by atoms with E-state index in [1.165, 1.54) is 0 Å². The summed E-state index contributed by atoms with van der Waals surface area (Å²) in [6, 6.07) is 5.28. The number of hydrogen-bond acceptors (Lipinski definition) is 3. The third kappa shape index (κ3) is 2.72. The van der Waals surface area contributed by atoms with Crippen LogP contribution < -0.4 is 4.74 Å². The molecule has 1 aliphatic rings. The Hall–Kier alpha value is -2.10. The number of ether oxygens (including phenoxy) is 1. The van der Waals surface area contributed by atoms with E-state index in [1.807, 2.05) is 0 Å². The molecule has 1 aromatic carbocycles. The van der Waals surface area contributed by atoms with E-state index in [0.29, 0.717) is 24.3 Å². The number of fused-ring (bicyclic) bond motifs is 1. The van der Waals surface area contributed by atoms with Gasteiger partial charge in [0.2, 0.25) is 0 Å². The molecule has 2 rings (SSSR count). The number of carbonyl (C=O) groups is 2. The minimum Gasteiger partial charge on any atom is -0.492 e. The Morgan fingerprint density at radius 1 is 1.47 bits per heavy atom. The number of Topliss-reactive ketones (excluding diaryl/α,β-unsaturated/α-hetero) is 1. The van der Waals surface area contributed by atoms with Crippen LogP contribution in [0.15, 0.2) is 24.3 Å². The Morgan fingerprint density at radius 2 is 2.29 bits per heavy atom. The second-order valence-corrected chi connectivity index (χ2v) is 3.78. The number of carboxylic acid groups (broad SMARTS) is 1. The molecule has 0 saturated heterocycles. The number of ketones is 1. The summed E-state index contributed by atoms with van der Waals surface area (Å²) in [4.78, 5) is 22.0. The van der Waals surface area contributed by atoms with Crippen molar-refractivity contribution in [1.29, 1.82) is 0 Å². The van der Waals surface area contributed by atoms with E-state index >= 15 is 0 Å². The topological polar surface area (TPSA) is 63.6 Å². The van der Waals surface area contributed by atoms with Gasteiger partial charge in [0.05, 0.1) is 18.6 Å². The maximum Gasteiger partial charge on any atom is 0.307 e. The standard InChI is InChI=1S/C13H12O4/c14-11-6-7-17-12-5-4-9(8-10(11)12)2-1-3-13(15)16/h1-2,4-5,8H,3,6-7H2,(H,15,16). The summed E-state index contributed by atoms with van der Waals surface area (Å²) in [6.07, 6.45) is 3.62. The fourth-order valence-corrected chi connectivity index (χ4v) is 1.68. The zero-order chi connectivity index (χ0) is 12.3. The van der Waals surface area contributed by atoms with Gasteiger partial charge in [0.25, 0.3) is 0 Å². The molecule has 1 N–H and O–H groups in total. The lowest BCUT2D eigenvalue weighted by Crippen LogP contribution is -2.15. The monoisotopic (exact) mass is 232 g/mol. The highest BCUT2D eigenvalue weighted by Gasteiger charge is 2.17. The van der Waals surface area contributed by atoms with Gasteiger partial charge in [0.1, 0.15) is 5.75 Å². The molecule has 1 heterocycles. The van der Waals surface area contributed by atoms with Gasteiger partial charge in [0, 0.05) is 6.42 Å². The highest BCUT2D eigenvalue weighted by molar-refractivity contribution is 6.00. The van der Waals surface area contributed by atoms with Crippen LogP contribution >= 0.6 is 0 Å². The smallest absolute Gasteiger partial charge is 0.307 e. The average Bonchev–Trinajstić information content (AvgIpc) is 2.30. The summed E-state index contributed by atoms with van der Waals surface area (Å²) >= 11 is 0. The van der Waals surface area contributed by atoms with Crippen LogP contribution in [0.5, 0.6) is 5.75 Å². The minimum absolute atomic E-state index is 0.0263. The molecular formula is C13H12O4. The molecule has 0 saturated carbocycles. The lowest BCUT2D eigenvalue weighted by atomic mass is 10.0. The van der Waals surface area contributed by atoms with Crippen LogP contribution in [0.25, 0.3) is 6.08 Å². The maximum absolute atomic E-state index is 11.6. The van der Waals surface area contributed by atoms with E-state index in [1.54, 1.807) is 30.4 Å². The molecule has 0 bridgehead atoms. The molecule has 0 fully saturated rings. The van der Waals surface area contributed by atoms with Crippen LogP contribution in [0.4, 0.5) is 0 Å². The summed E-state index contributed by atoms with van der Waals surface area (Å²) in [5.41, 5.74) is 1.39. The van der Waals surface area contributed by atoms with E-state index in [-0.39, 0.29) is 12.2 Å². The molecule has 0 amide bonds. The number of benzene rings is 1. The molecule has 4 heteroatoms. The van der Waals surface area contributed by atoms with Crippen molar-refractivity contribution < 1.29 is 19.4 Å². The SMILES string of the molecule is O=C(O)CC=Cc1ccc2c(c1)C(=O)CCO2. The largest absolute Gasteiger partial charge is 0.492 e. The second-order valence-electron chi connectivity index (χ2n) is 3.78. The van der Waals surface area contributed by atoms with Crippen molar-refractivity contribution >= 4 is 17.8 Å². The van der Waals surface area contributed by atoms with Gasteiger partial charge < -0.3 is 9.84 Å². The molecule has 1 aliphatic heterocycles. The second kappa shape index (κ2) is 4.82. The zero-order valence-corrected chi connectivity index (χ0v) is 9.18. The first-order valence-corrected chi connectivity index (χ1v) is 5.35. The molecule has 0 radical (unpaired) electrons. The van der Waals surface area contributed by atoms with E-state index in [0.717, 1.165) is 5.56 Å². The third-order valence-corrected chi connectivity index (χ3v) is 2.49. The number of rotatable bonds is 3. The molecule has 0 aliphatic carbocycles. The van der Waals surface area contributed by atoms with Crippen molar-refractivity contribution in [2.75, 3.05) is 6.61 Å². The number of hydrogen-bond donors (Lipinski definition) is 1. The molecule has 1 aromatic rings. The highest BCUT2D eigenvalue weighted by Crippen LogP contribution is 2.26. The minimum atomic E-state index is -0.876. The normalized spacial score (nSPS) is 14.5. The van der Waals surface area contributed by atoms with Gasteiger partial charge in [-0.1, -0.05) is 18.2 Å². The van der Waals surface area contributed by atoms with Crippen LogP contribution in [-0.2, 0) is 4.79 Å². The molecule has 0 spiro atoms. The highest BCUT2D eigenvalue weighted by atomic mass is 16.5. The predicted molar refractivity (Wildman–Crippen MR) is 62.2 cm³/mol. The van der Waals surface area contributed by atoms with E-state index < -0.39 is 5.97 Å². The summed E-state index contributed by atoms with van der Waals surface area (Å²) in [5, 5.41) is 8.50. The van der Waals surface area contributed by atoms with Crippen LogP contribution in [0.2, 0.25) is 0 Å². The summed E-state index contributed by atoms with van der Waals surface area (Å²) in [7, 11) is 0. The number of carboxylic acids is 1. The van der Waals surface area contributed by atoms with Crippen molar-refractivity contribution in [3.8, 4) is 5.75 Å². The van der Waals surface area contributed by atoms with Crippen molar-refractivity contribution in [2.24, 2.45) is 0 Å². The first-order chi connectivity index (χ1) is 8.16. The van der Waals surface area contributed by atoms with Gasteiger partial charge in [-0.2, -0.15) is 0 Å². The molecule has 88 valence electrons. The third-order valence-electron chi connectivity index (χ3n) is 2.49. The van der Waals surface area contributed by atoms with Gasteiger partial charge in [0.15, 0.2) is 5.78 Å². The number of carbonyl (C=O) groups excluding carboxylic acids is 1. The van der Waals surface area contributed by atoms with E-state index in [9.17, 15) is 9.59 Å². The van der Waals surface area contributed by atoms with Crippen LogP contribution in [0.1, 0.15) is 28.8 Å². The quantitative estimate of drug-likeness (QED) is 0.867. The van der Waals surface area contributed by atoms with Crippen molar-refractivity contribution in [3.05, 3.63) is 35.4 Å². The van der Waals surface area contributed by atoms with Crippen LogP contribution in [0.3, 0.4) is 0 Å². The molecule has 4 nitrogen and oxygen atoms in total. The Morgan fingerprint density at radius 3 is 3.06 bits per heavy atom. The summed E-state index contributed by atoms with van der Waals surface area (Å²) < 4.78 is 5.35. The van der Waals surface area contributed by atoms with E-state index in [2.05, 4.69) is 0 Å². The van der Waals surface area contributed by atoms with Gasteiger partial charge in [-0.25, -0.2) is 0 Å². The summed E-state index contributed by atoms with van der Waals surface area (Å²) in [5.74, 6) is -0.199. The summed E-state index contributed by atoms with van der Waals surface area (Å²) in [6.45, 7) is 0.431. The first-order valence-electron chi connectivity index (χ1n) is 5.35. The lowest BCUT2D eigenvalue weighted by Gasteiger charge is -2.16. The lowest BCUT2D eigenvalue weighted by molar-refractivity contribution is -0.135. The van der Waals surface area contributed by atoms with Gasteiger partial charge >= 0.3 is 5.97 Å². The average molecular weight is 232 g/mol. The van der Waals surface area contributed by atoms with Crippen LogP contribution in [-0.4, -0.2) is 23.5 Å². The maximum atomic E-state index is 11.6. The predicted octanol–water partition coefficient (Wildman–Crippen LogP) is 2.14. The van der Waals surface area contributed by atoms with Gasteiger partial charge in [-0.05, 0) is 17.7 Å². The molecule has 0 unspecified atom stereocenters. The molecule has 0 aromatic heterocycles. The fraction of sp³-hybridized carbons (Fsp3) is 0.231. The Labute approximate surface area is 98.5 Å². The van der Waals surface area contributed by atoms with Crippen molar-refractivity contribution in [1.82, 2.24) is 0 Å². The molecule has 17 heavy (non-hydrogen) atoms. The van der Waals surface area contributed by atoms with Gasteiger partial charge in [-0.15, -0.1) is 0 Å². The fourth-order valence-electron chi connectivity index (χ4n) is 1.68. The Kier molecular flexibility index (Phi) is 3.23. The van der Waals surface area contributed by atoms with E-state index in [4.69, 9.17) is 9.84 Å². The van der Waals surface area contributed by atoms with Crippen molar-refractivity contribution in [3.63, 3.8) is 0 Å². The number of aliphatic carboxylic acids is 1. The van der Waals surface area contributed by atoms with Crippen LogP contribution in [0, 0.1) is 0 Å². The Balaban J connectivity index is 2.20. The molecular weight excluding hydrogens is 220 g/mol. The molecule has 0 atom stereocenters. The van der Waals surface area contributed by atoms with Gasteiger partial charge in [-0.3, -0.25) is 9.59 Å². The van der Waals surface area contributed by atoms with Crippen molar-refractivity contribution in [2.45, 2.75) is 12.8 Å². The Bertz CT molecular complexity index is 488.